The highest BCUT2D eigenvalue weighted by atomic mass is 35.5. The Kier molecular flexibility index (Phi) is 13.4. The highest BCUT2D eigenvalue weighted by Gasteiger charge is 2.22. The van der Waals surface area contributed by atoms with Crippen molar-refractivity contribution in [2.75, 3.05) is 51.3 Å². The molecule has 3 aromatic carbocycles. The number of ether oxygens (including phenoxy) is 2. The van der Waals surface area contributed by atoms with Crippen LogP contribution in [0.15, 0.2) is 72.8 Å². The molecule has 1 saturated heterocycles. The Bertz CT molecular complexity index is 1230. The second-order valence-corrected chi connectivity index (χ2v) is 10.3. The number of piperazine rings is 1. The van der Waals surface area contributed by atoms with Crippen molar-refractivity contribution in [3.05, 3.63) is 100 Å². The van der Waals surface area contributed by atoms with E-state index in [1.807, 2.05) is 42.2 Å². The van der Waals surface area contributed by atoms with Gasteiger partial charge < -0.3 is 14.4 Å². The van der Waals surface area contributed by atoms with Gasteiger partial charge in [-0.25, -0.2) is 4.79 Å². The Morgan fingerprint density at radius 3 is 2.24 bits per heavy atom. The third-order valence-electron chi connectivity index (χ3n) is 7.08. The SMILES string of the molecule is CCOCCCc1ccccc1COC(=O)Nc1ccc(C(=O)N2CCN(CCc3ccc(Cl)cc3)CC2)cc1.Cl. The van der Waals surface area contributed by atoms with Crippen molar-refractivity contribution in [3.63, 3.8) is 0 Å². The minimum atomic E-state index is -0.530. The van der Waals surface area contributed by atoms with Gasteiger partial charge in [0.2, 0.25) is 0 Å². The highest BCUT2D eigenvalue weighted by Crippen LogP contribution is 2.16. The normalized spacial score (nSPS) is 13.4. The molecule has 1 heterocycles. The minimum absolute atomic E-state index is 0. The van der Waals surface area contributed by atoms with Gasteiger partial charge in [0.25, 0.3) is 5.91 Å². The zero-order chi connectivity index (χ0) is 28.2. The molecule has 41 heavy (non-hydrogen) atoms. The Hall–Kier alpha value is -3.10. The maximum atomic E-state index is 13.0. The second-order valence-electron chi connectivity index (χ2n) is 9.86. The van der Waals surface area contributed by atoms with Crippen molar-refractivity contribution >= 4 is 41.7 Å². The molecule has 0 atom stereocenters. The summed E-state index contributed by atoms with van der Waals surface area (Å²) in [4.78, 5) is 29.7. The lowest BCUT2D eigenvalue weighted by molar-refractivity contribution is 0.0638. The lowest BCUT2D eigenvalue weighted by atomic mass is 10.0. The summed E-state index contributed by atoms with van der Waals surface area (Å²) < 4.78 is 10.9. The fourth-order valence-electron chi connectivity index (χ4n) is 4.74. The topological polar surface area (TPSA) is 71.1 Å². The van der Waals surface area contributed by atoms with E-state index >= 15 is 0 Å². The number of amides is 2. The number of benzene rings is 3. The first-order valence-corrected chi connectivity index (χ1v) is 14.3. The quantitative estimate of drug-likeness (QED) is 0.241. The lowest BCUT2D eigenvalue weighted by Crippen LogP contribution is -2.49. The molecule has 0 spiro atoms. The molecule has 0 aliphatic carbocycles. The first-order valence-electron chi connectivity index (χ1n) is 14.0. The van der Waals surface area contributed by atoms with Crippen LogP contribution in [0.3, 0.4) is 0 Å². The van der Waals surface area contributed by atoms with Crippen molar-refractivity contribution in [2.45, 2.75) is 32.8 Å². The molecular weight excluding hydrogens is 561 g/mol. The number of nitrogens with zero attached hydrogens (tertiary/aromatic N) is 2. The van der Waals surface area contributed by atoms with Crippen LogP contribution in [0.4, 0.5) is 10.5 Å². The van der Waals surface area contributed by atoms with E-state index in [1.54, 1.807) is 24.3 Å². The summed E-state index contributed by atoms with van der Waals surface area (Å²) >= 11 is 5.97. The molecule has 0 saturated carbocycles. The summed E-state index contributed by atoms with van der Waals surface area (Å²) in [7, 11) is 0. The molecule has 0 radical (unpaired) electrons. The Labute approximate surface area is 254 Å². The first kappa shape index (κ1) is 32.4. The van der Waals surface area contributed by atoms with E-state index in [4.69, 9.17) is 21.1 Å². The average Bonchev–Trinajstić information content (AvgIpc) is 2.99. The van der Waals surface area contributed by atoms with Crippen LogP contribution in [-0.2, 0) is 28.9 Å². The molecule has 220 valence electrons. The summed E-state index contributed by atoms with van der Waals surface area (Å²) in [5.41, 5.74) is 4.59. The number of aryl methyl sites for hydroxylation is 1. The van der Waals surface area contributed by atoms with Crippen molar-refractivity contribution in [1.82, 2.24) is 9.80 Å². The molecule has 4 rings (SSSR count). The van der Waals surface area contributed by atoms with Gasteiger partial charge in [0, 0.05) is 62.2 Å². The summed E-state index contributed by atoms with van der Waals surface area (Å²) in [6.07, 6.45) is 2.22. The number of carbonyl (C=O) groups excluding carboxylic acids is 2. The second kappa shape index (κ2) is 17.0. The first-order chi connectivity index (χ1) is 19.5. The van der Waals surface area contributed by atoms with Crippen LogP contribution >= 0.6 is 24.0 Å². The molecule has 1 aliphatic rings. The van der Waals surface area contributed by atoms with Gasteiger partial charge >= 0.3 is 6.09 Å². The number of halogens is 2. The predicted octanol–water partition coefficient (Wildman–Crippen LogP) is 6.48. The standard InChI is InChI=1S/C32H38ClN3O4.ClH/c1-2-39-23-5-8-26-6-3-4-7-28(26)24-40-32(38)34-30-15-11-27(12-16-30)31(37)36-21-19-35(20-22-36)18-17-25-9-13-29(33)14-10-25;/h3-4,6-7,9-16H,2,5,8,17-24H2,1H3,(H,34,38);1H. The molecule has 1 fully saturated rings. The summed E-state index contributed by atoms with van der Waals surface area (Å²) in [5.74, 6) is 0.00687. The van der Waals surface area contributed by atoms with Gasteiger partial charge in [0.05, 0.1) is 0 Å². The lowest BCUT2D eigenvalue weighted by Gasteiger charge is -2.34. The maximum Gasteiger partial charge on any atom is 0.411 e. The van der Waals surface area contributed by atoms with E-state index in [0.29, 0.717) is 37.6 Å². The smallest absolute Gasteiger partial charge is 0.411 e. The van der Waals surface area contributed by atoms with Crippen LogP contribution in [0.2, 0.25) is 5.02 Å². The molecule has 2 amide bonds. The van der Waals surface area contributed by atoms with Gasteiger partial charge in [-0.15, -0.1) is 12.4 Å². The van der Waals surface area contributed by atoms with Crippen LogP contribution < -0.4 is 5.32 Å². The van der Waals surface area contributed by atoms with Crippen LogP contribution in [0.25, 0.3) is 0 Å². The van der Waals surface area contributed by atoms with E-state index in [0.717, 1.165) is 55.0 Å². The number of nitrogens with one attached hydrogen (secondary N) is 1. The van der Waals surface area contributed by atoms with Crippen molar-refractivity contribution in [2.24, 2.45) is 0 Å². The zero-order valence-electron chi connectivity index (χ0n) is 23.5. The fourth-order valence-corrected chi connectivity index (χ4v) is 4.87. The van der Waals surface area contributed by atoms with Gasteiger partial charge in [0.15, 0.2) is 0 Å². The van der Waals surface area contributed by atoms with Crippen molar-refractivity contribution < 1.29 is 19.1 Å². The number of carbonyl (C=O) groups is 2. The number of hydrogen-bond donors (Lipinski definition) is 1. The van der Waals surface area contributed by atoms with E-state index in [1.165, 1.54) is 5.56 Å². The van der Waals surface area contributed by atoms with E-state index in [2.05, 4.69) is 28.4 Å². The monoisotopic (exact) mass is 599 g/mol. The fraction of sp³-hybridized carbons (Fsp3) is 0.375. The van der Waals surface area contributed by atoms with Crippen LogP contribution in [-0.4, -0.2) is 67.7 Å². The number of anilines is 1. The van der Waals surface area contributed by atoms with Crippen molar-refractivity contribution in [1.29, 1.82) is 0 Å². The number of rotatable bonds is 12. The van der Waals surface area contributed by atoms with Gasteiger partial charge in [-0.2, -0.15) is 0 Å². The summed E-state index contributed by atoms with van der Waals surface area (Å²) in [5, 5.41) is 3.50. The van der Waals surface area contributed by atoms with E-state index in [9.17, 15) is 9.59 Å². The maximum absolute atomic E-state index is 13.0. The zero-order valence-corrected chi connectivity index (χ0v) is 25.1. The van der Waals surface area contributed by atoms with Gasteiger partial charge in [-0.05, 0) is 79.3 Å². The van der Waals surface area contributed by atoms with Crippen LogP contribution in [0.5, 0.6) is 0 Å². The average molecular weight is 601 g/mol. The van der Waals surface area contributed by atoms with Crippen LogP contribution in [0.1, 0.15) is 40.4 Å². The molecule has 1 aliphatic heterocycles. The van der Waals surface area contributed by atoms with Crippen molar-refractivity contribution in [3.8, 4) is 0 Å². The Morgan fingerprint density at radius 1 is 0.878 bits per heavy atom. The minimum Gasteiger partial charge on any atom is -0.444 e. The third-order valence-corrected chi connectivity index (χ3v) is 7.34. The Morgan fingerprint density at radius 2 is 1.56 bits per heavy atom. The molecule has 7 nitrogen and oxygen atoms in total. The van der Waals surface area contributed by atoms with Crippen LogP contribution in [0, 0.1) is 0 Å². The molecule has 0 bridgehead atoms. The highest BCUT2D eigenvalue weighted by molar-refractivity contribution is 6.30. The molecule has 9 heteroatoms. The molecule has 1 N–H and O–H groups in total. The summed E-state index contributed by atoms with van der Waals surface area (Å²) in [6.45, 7) is 7.65. The molecule has 3 aromatic rings. The predicted molar refractivity (Wildman–Crippen MR) is 166 cm³/mol. The van der Waals surface area contributed by atoms with Gasteiger partial charge in [-0.1, -0.05) is 48.0 Å². The third kappa shape index (κ3) is 10.3. The van der Waals surface area contributed by atoms with E-state index < -0.39 is 6.09 Å². The Balaban J connectivity index is 0.00000462. The molecular formula is C32H39Cl2N3O4. The molecule has 0 unspecified atom stereocenters. The van der Waals surface area contributed by atoms with E-state index in [-0.39, 0.29) is 24.9 Å². The van der Waals surface area contributed by atoms with Gasteiger partial charge in [0.1, 0.15) is 6.61 Å². The van der Waals surface area contributed by atoms with Gasteiger partial charge in [-0.3, -0.25) is 15.0 Å². The molecule has 0 aromatic heterocycles. The summed E-state index contributed by atoms with van der Waals surface area (Å²) in [6, 6.07) is 22.9. The largest absolute Gasteiger partial charge is 0.444 e. The number of hydrogen-bond acceptors (Lipinski definition) is 5.